The highest BCUT2D eigenvalue weighted by Gasteiger charge is 2.44. The second-order valence-electron chi connectivity index (χ2n) is 3.23. The first-order valence-corrected chi connectivity index (χ1v) is 4.21. The number of rotatable bonds is 2. The van der Waals surface area contributed by atoms with Crippen LogP contribution in [0.15, 0.2) is 0 Å². The minimum Gasteiger partial charge on any atom is -0.381 e. The third-order valence-corrected chi connectivity index (χ3v) is 2.61. The minimum atomic E-state index is -4.14. The molecular formula is C7H10ClF3O. The highest BCUT2D eigenvalue weighted by molar-refractivity contribution is 6.18. The number of ether oxygens (including phenoxy) is 1. The molecule has 12 heavy (non-hydrogen) atoms. The average molecular weight is 203 g/mol. The first kappa shape index (κ1) is 10.1. The molecule has 72 valence electrons. The van der Waals surface area contributed by atoms with Gasteiger partial charge in [-0.25, -0.2) is 0 Å². The summed E-state index contributed by atoms with van der Waals surface area (Å²) in [4.78, 5) is 0. The average Bonchev–Trinajstić information content (AvgIpc) is 2.34. The molecular weight excluding hydrogens is 193 g/mol. The molecule has 1 fully saturated rings. The molecule has 0 radical (unpaired) electrons. The Morgan fingerprint density at radius 2 is 2.08 bits per heavy atom. The zero-order valence-electron chi connectivity index (χ0n) is 6.46. The van der Waals surface area contributed by atoms with E-state index in [2.05, 4.69) is 0 Å². The summed E-state index contributed by atoms with van der Waals surface area (Å²) in [6, 6.07) is 0. The third kappa shape index (κ3) is 2.52. The topological polar surface area (TPSA) is 9.23 Å². The van der Waals surface area contributed by atoms with Crippen LogP contribution in [0.4, 0.5) is 13.2 Å². The van der Waals surface area contributed by atoms with E-state index >= 15 is 0 Å². The summed E-state index contributed by atoms with van der Waals surface area (Å²) in [6.07, 6.45) is -4.55. The van der Waals surface area contributed by atoms with Gasteiger partial charge in [-0.1, -0.05) is 0 Å². The Bertz CT molecular complexity index is 151. The van der Waals surface area contributed by atoms with Gasteiger partial charge in [-0.2, -0.15) is 13.2 Å². The molecule has 0 aromatic carbocycles. The van der Waals surface area contributed by atoms with Crippen LogP contribution in [-0.2, 0) is 4.74 Å². The molecule has 1 saturated heterocycles. The van der Waals surface area contributed by atoms with E-state index < -0.39 is 18.0 Å². The molecule has 1 aliphatic heterocycles. The lowest BCUT2D eigenvalue weighted by atomic mass is 9.86. The Balaban J connectivity index is 2.55. The van der Waals surface area contributed by atoms with Gasteiger partial charge < -0.3 is 4.74 Å². The quantitative estimate of drug-likeness (QED) is 0.626. The molecule has 5 heteroatoms. The molecule has 1 rings (SSSR count). The zero-order chi connectivity index (χ0) is 9.24. The van der Waals surface area contributed by atoms with Gasteiger partial charge in [0, 0.05) is 17.9 Å². The maximum Gasteiger partial charge on any atom is 0.389 e. The highest BCUT2D eigenvalue weighted by Crippen LogP contribution is 2.40. The summed E-state index contributed by atoms with van der Waals surface area (Å²) < 4.78 is 41.0. The van der Waals surface area contributed by atoms with Gasteiger partial charge in [0.2, 0.25) is 0 Å². The summed E-state index contributed by atoms with van der Waals surface area (Å²) in [6.45, 7) is 0.527. The standard InChI is InChI=1S/C7H10ClF3O/c8-4-6(1-2-12-5-6)3-7(9,10)11/h1-5H2. The predicted molar refractivity (Wildman–Crippen MR) is 39.3 cm³/mol. The summed E-state index contributed by atoms with van der Waals surface area (Å²) in [5.74, 6) is 0.0203. The van der Waals surface area contributed by atoms with Gasteiger partial charge in [-0.05, 0) is 6.42 Å². The van der Waals surface area contributed by atoms with Crippen molar-refractivity contribution in [1.29, 1.82) is 0 Å². The lowest BCUT2D eigenvalue weighted by molar-refractivity contribution is -0.155. The van der Waals surface area contributed by atoms with Gasteiger partial charge in [0.1, 0.15) is 0 Å². The Kier molecular flexibility index (Phi) is 2.88. The molecule has 0 saturated carbocycles. The Hall–Kier alpha value is 0.0400. The van der Waals surface area contributed by atoms with Crippen molar-refractivity contribution in [1.82, 2.24) is 0 Å². The summed E-state index contributed by atoms with van der Waals surface area (Å²) in [5.41, 5.74) is -0.861. The van der Waals surface area contributed by atoms with Crippen LogP contribution in [0.25, 0.3) is 0 Å². The molecule has 0 bridgehead atoms. The lowest BCUT2D eigenvalue weighted by Crippen LogP contribution is -2.30. The summed E-state index contributed by atoms with van der Waals surface area (Å²) >= 11 is 5.49. The summed E-state index contributed by atoms with van der Waals surface area (Å²) in [7, 11) is 0. The van der Waals surface area contributed by atoms with E-state index in [1.165, 1.54) is 0 Å². The van der Waals surface area contributed by atoms with Crippen molar-refractivity contribution in [2.24, 2.45) is 5.41 Å². The first-order chi connectivity index (χ1) is 5.47. The molecule has 0 amide bonds. The molecule has 1 nitrogen and oxygen atoms in total. The van der Waals surface area contributed by atoms with Crippen LogP contribution in [0.3, 0.4) is 0 Å². The van der Waals surface area contributed by atoms with Crippen molar-refractivity contribution in [3.05, 3.63) is 0 Å². The van der Waals surface area contributed by atoms with Crippen LogP contribution in [0.1, 0.15) is 12.8 Å². The van der Waals surface area contributed by atoms with E-state index in [-0.39, 0.29) is 12.5 Å². The minimum absolute atomic E-state index is 0.0203. The number of hydrogen-bond donors (Lipinski definition) is 0. The second kappa shape index (κ2) is 3.42. The lowest BCUT2D eigenvalue weighted by Gasteiger charge is -2.25. The Morgan fingerprint density at radius 1 is 1.42 bits per heavy atom. The molecule has 0 aromatic heterocycles. The largest absolute Gasteiger partial charge is 0.389 e. The molecule has 0 aliphatic carbocycles. The molecule has 1 heterocycles. The number of halogens is 4. The maximum absolute atomic E-state index is 12.0. The van der Waals surface area contributed by atoms with Crippen molar-refractivity contribution in [2.45, 2.75) is 19.0 Å². The van der Waals surface area contributed by atoms with E-state index in [0.29, 0.717) is 13.0 Å². The predicted octanol–water partition coefficient (Wildman–Crippen LogP) is 2.58. The van der Waals surface area contributed by atoms with Crippen molar-refractivity contribution in [3.8, 4) is 0 Å². The van der Waals surface area contributed by atoms with Gasteiger partial charge in [-0.15, -0.1) is 11.6 Å². The molecule has 0 spiro atoms. The van der Waals surface area contributed by atoms with Crippen LogP contribution in [0.2, 0.25) is 0 Å². The van der Waals surface area contributed by atoms with Crippen LogP contribution < -0.4 is 0 Å². The van der Waals surface area contributed by atoms with Crippen LogP contribution >= 0.6 is 11.6 Å². The molecule has 1 atom stereocenters. The summed E-state index contributed by atoms with van der Waals surface area (Å²) in [5, 5.41) is 0. The van der Waals surface area contributed by atoms with Crippen molar-refractivity contribution in [2.75, 3.05) is 19.1 Å². The fourth-order valence-corrected chi connectivity index (χ4v) is 1.67. The number of alkyl halides is 4. The third-order valence-electron chi connectivity index (χ3n) is 2.04. The van der Waals surface area contributed by atoms with E-state index in [1.807, 2.05) is 0 Å². The van der Waals surface area contributed by atoms with Gasteiger partial charge in [-0.3, -0.25) is 0 Å². The fourth-order valence-electron chi connectivity index (χ4n) is 1.37. The first-order valence-electron chi connectivity index (χ1n) is 3.68. The van der Waals surface area contributed by atoms with Crippen LogP contribution in [-0.4, -0.2) is 25.3 Å². The zero-order valence-corrected chi connectivity index (χ0v) is 7.21. The highest BCUT2D eigenvalue weighted by atomic mass is 35.5. The van der Waals surface area contributed by atoms with Crippen LogP contribution in [0.5, 0.6) is 0 Å². The van der Waals surface area contributed by atoms with Crippen molar-refractivity contribution < 1.29 is 17.9 Å². The van der Waals surface area contributed by atoms with Gasteiger partial charge in [0.25, 0.3) is 0 Å². The Labute approximate surface area is 73.8 Å². The molecule has 0 N–H and O–H groups in total. The monoisotopic (exact) mass is 202 g/mol. The SMILES string of the molecule is FC(F)(F)CC1(CCl)CCOC1. The maximum atomic E-state index is 12.0. The fraction of sp³-hybridized carbons (Fsp3) is 1.00. The smallest absolute Gasteiger partial charge is 0.381 e. The van der Waals surface area contributed by atoms with Crippen molar-refractivity contribution in [3.63, 3.8) is 0 Å². The molecule has 0 aromatic rings. The van der Waals surface area contributed by atoms with Gasteiger partial charge in [0.15, 0.2) is 0 Å². The second-order valence-corrected chi connectivity index (χ2v) is 3.50. The van der Waals surface area contributed by atoms with Gasteiger partial charge in [0.05, 0.1) is 13.0 Å². The normalized spacial score (nSPS) is 31.0. The van der Waals surface area contributed by atoms with Crippen molar-refractivity contribution >= 4 is 11.6 Å². The van der Waals surface area contributed by atoms with E-state index in [9.17, 15) is 13.2 Å². The number of hydrogen-bond acceptors (Lipinski definition) is 1. The molecule has 1 aliphatic rings. The Morgan fingerprint density at radius 3 is 2.42 bits per heavy atom. The van der Waals surface area contributed by atoms with Crippen LogP contribution in [0, 0.1) is 5.41 Å². The van der Waals surface area contributed by atoms with E-state index in [0.717, 1.165) is 0 Å². The van der Waals surface area contributed by atoms with E-state index in [4.69, 9.17) is 16.3 Å². The van der Waals surface area contributed by atoms with E-state index in [1.54, 1.807) is 0 Å². The van der Waals surface area contributed by atoms with Gasteiger partial charge >= 0.3 is 6.18 Å². The molecule has 1 unspecified atom stereocenters.